The van der Waals surface area contributed by atoms with Gasteiger partial charge >= 0.3 is 0 Å². The number of halogens is 1. The maximum Gasteiger partial charge on any atom is 0.136 e. The topological polar surface area (TPSA) is 65.0 Å². The zero-order valence-electron chi connectivity index (χ0n) is 19.1. The Morgan fingerprint density at radius 2 is 1.62 bits per heavy atom. The summed E-state index contributed by atoms with van der Waals surface area (Å²) in [6, 6.07) is 7.98. The number of morpholine rings is 1. The van der Waals surface area contributed by atoms with Gasteiger partial charge in [0, 0.05) is 75.1 Å². The van der Waals surface area contributed by atoms with Crippen LogP contribution in [0.25, 0.3) is 0 Å². The Bertz CT molecular complexity index is 898. The fourth-order valence-electron chi connectivity index (χ4n) is 4.60. The molecule has 0 amide bonds. The van der Waals surface area contributed by atoms with Crippen molar-refractivity contribution < 1.29 is 9.84 Å². The third kappa shape index (κ3) is 5.97. The van der Waals surface area contributed by atoms with Crippen LogP contribution in [0.15, 0.2) is 24.3 Å². The number of aryl methyl sites for hydroxylation is 2. The van der Waals surface area contributed by atoms with Gasteiger partial charge in [-0.25, -0.2) is 9.97 Å². The Hall–Kier alpha value is -1.77. The van der Waals surface area contributed by atoms with Gasteiger partial charge < -0.3 is 14.7 Å². The molecule has 3 heterocycles. The van der Waals surface area contributed by atoms with E-state index in [0.717, 1.165) is 98.9 Å². The van der Waals surface area contributed by atoms with Crippen LogP contribution >= 0.6 is 11.6 Å². The summed E-state index contributed by atoms with van der Waals surface area (Å²) < 4.78 is 5.40. The van der Waals surface area contributed by atoms with Crippen LogP contribution in [0.5, 0.6) is 0 Å². The van der Waals surface area contributed by atoms with Crippen molar-refractivity contribution in [3.63, 3.8) is 0 Å². The smallest absolute Gasteiger partial charge is 0.136 e. The fraction of sp³-hybridized carbons (Fsp3) is 0.583. The van der Waals surface area contributed by atoms with E-state index in [1.807, 2.05) is 25.1 Å². The minimum atomic E-state index is -0.334. The highest BCUT2D eigenvalue weighted by Gasteiger charge is 2.24. The second-order valence-corrected chi connectivity index (χ2v) is 9.19. The molecule has 0 aliphatic carbocycles. The molecule has 4 rings (SSSR count). The van der Waals surface area contributed by atoms with E-state index < -0.39 is 0 Å². The number of β-amino-alcohol motifs (C(OH)–C–C–N with tert-alkyl or cyclic N) is 1. The van der Waals surface area contributed by atoms with Crippen molar-refractivity contribution in [3.8, 4) is 0 Å². The van der Waals surface area contributed by atoms with Crippen molar-refractivity contribution in [2.24, 2.45) is 0 Å². The first-order valence-electron chi connectivity index (χ1n) is 11.5. The Kier molecular flexibility index (Phi) is 7.97. The molecule has 0 radical (unpaired) electrons. The molecule has 0 saturated carbocycles. The number of anilines is 1. The van der Waals surface area contributed by atoms with Gasteiger partial charge in [-0.1, -0.05) is 29.8 Å². The van der Waals surface area contributed by atoms with Crippen LogP contribution < -0.4 is 4.90 Å². The third-order valence-electron chi connectivity index (χ3n) is 6.34. The van der Waals surface area contributed by atoms with Crippen LogP contribution in [-0.4, -0.2) is 96.6 Å². The van der Waals surface area contributed by atoms with Gasteiger partial charge in [0.2, 0.25) is 0 Å². The second kappa shape index (κ2) is 10.9. The Labute approximate surface area is 196 Å². The summed E-state index contributed by atoms with van der Waals surface area (Å²) in [7, 11) is 0. The maximum atomic E-state index is 10.6. The minimum Gasteiger partial charge on any atom is -0.390 e. The molecule has 2 aromatic rings. The Morgan fingerprint density at radius 1 is 0.969 bits per heavy atom. The van der Waals surface area contributed by atoms with E-state index in [-0.39, 0.29) is 6.10 Å². The van der Waals surface area contributed by atoms with Gasteiger partial charge in [0.05, 0.1) is 19.3 Å². The standard InChI is InChI=1S/C24H34ClN5O2/c1-18-22(15-20-5-3-4-6-23(20)25)24(27-19(2)26-18)30-9-7-28(8-10-30)16-21(31)17-29-11-13-32-14-12-29/h3-6,21,31H,7-17H2,1-2H3. The quantitative estimate of drug-likeness (QED) is 0.680. The van der Waals surface area contributed by atoms with Gasteiger partial charge in [0.25, 0.3) is 0 Å². The fourth-order valence-corrected chi connectivity index (χ4v) is 4.80. The second-order valence-electron chi connectivity index (χ2n) is 8.78. The summed E-state index contributed by atoms with van der Waals surface area (Å²) in [5.41, 5.74) is 3.25. The van der Waals surface area contributed by atoms with E-state index in [1.165, 1.54) is 0 Å². The number of aromatic nitrogens is 2. The molecule has 1 aromatic heterocycles. The number of rotatable bonds is 7. The lowest BCUT2D eigenvalue weighted by molar-refractivity contribution is 0.00655. The number of nitrogens with zero attached hydrogens (tertiary/aromatic N) is 5. The summed E-state index contributed by atoms with van der Waals surface area (Å²) in [5, 5.41) is 11.3. The largest absolute Gasteiger partial charge is 0.390 e. The predicted molar refractivity (Wildman–Crippen MR) is 128 cm³/mol. The molecule has 0 spiro atoms. The number of benzene rings is 1. The summed E-state index contributed by atoms with van der Waals surface area (Å²) in [6.07, 6.45) is 0.388. The highest BCUT2D eigenvalue weighted by Crippen LogP contribution is 2.27. The van der Waals surface area contributed by atoms with Gasteiger partial charge in [0.1, 0.15) is 11.6 Å². The van der Waals surface area contributed by atoms with Crippen LogP contribution in [0, 0.1) is 13.8 Å². The van der Waals surface area contributed by atoms with E-state index in [2.05, 4.69) is 32.7 Å². The molecule has 0 bridgehead atoms. The van der Waals surface area contributed by atoms with Crippen LogP contribution in [0.1, 0.15) is 22.6 Å². The number of hydrogen-bond donors (Lipinski definition) is 1. The predicted octanol–water partition coefficient (Wildman–Crippen LogP) is 2.15. The summed E-state index contributed by atoms with van der Waals surface area (Å²) >= 11 is 6.44. The van der Waals surface area contributed by atoms with Crippen molar-refractivity contribution in [2.75, 3.05) is 70.5 Å². The lowest BCUT2D eigenvalue weighted by Gasteiger charge is -2.38. The van der Waals surface area contributed by atoms with E-state index in [4.69, 9.17) is 21.3 Å². The number of ether oxygens (including phenoxy) is 1. The molecule has 2 aliphatic heterocycles. The van der Waals surface area contributed by atoms with E-state index in [9.17, 15) is 5.11 Å². The van der Waals surface area contributed by atoms with Crippen LogP contribution in [-0.2, 0) is 11.2 Å². The van der Waals surface area contributed by atoms with Crippen LogP contribution in [0.3, 0.4) is 0 Å². The molecular formula is C24H34ClN5O2. The van der Waals surface area contributed by atoms with Gasteiger partial charge in [-0.3, -0.25) is 9.80 Å². The molecule has 32 heavy (non-hydrogen) atoms. The molecular weight excluding hydrogens is 426 g/mol. The average molecular weight is 460 g/mol. The van der Waals surface area contributed by atoms with E-state index in [0.29, 0.717) is 6.54 Å². The van der Waals surface area contributed by atoms with Crippen molar-refractivity contribution in [1.82, 2.24) is 19.8 Å². The maximum absolute atomic E-state index is 10.6. The monoisotopic (exact) mass is 459 g/mol. The molecule has 2 aliphatic rings. The molecule has 1 unspecified atom stereocenters. The van der Waals surface area contributed by atoms with Gasteiger partial charge in [-0.05, 0) is 25.5 Å². The molecule has 2 fully saturated rings. The normalized spacial score (nSPS) is 19.3. The van der Waals surface area contributed by atoms with Gasteiger partial charge in [-0.2, -0.15) is 0 Å². The average Bonchev–Trinajstić information content (AvgIpc) is 2.78. The first kappa shape index (κ1) is 23.4. The molecule has 2 saturated heterocycles. The number of hydrogen-bond acceptors (Lipinski definition) is 7. The zero-order valence-corrected chi connectivity index (χ0v) is 19.9. The van der Waals surface area contributed by atoms with Gasteiger partial charge in [0.15, 0.2) is 0 Å². The van der Waals surface area contributed by atoms with E-state index in [1.54, 1.807) is 0 Å². The Morgan fingerprint density at radius 3 is 2.31 bits per heavy atom. The molecule has 174 valence electrons. The highest BCUT2D eigenvalue weighted by molar-refractivity contribution is 6.31. The van der Waals surface area contributed by atoms with Gasteiger partial charge in [-0.15, -0.1) is 0 Å². The first-order valence-corrected chi connectivity index (χ1v) is 11.9. The van der Waals surface area contributed by atoms with Crippen molar-refractivity contribution in [1.29, 1.82) is 0 Å². The summed E-state index contributed by atoms with van der Waals surface area (Å²) in [6.45, 7) is 12.4. The lowest BCUT2D eigenvalue weighted by atomic mass is 10.0. The summed E-state index contributed by atoms with van der Waals surface area (Å²) in [5.74, 6) is 1.81. The highest BCUT2D eigenvalue weighted by atomic mass is 35.5. The van der Waals surface area contributed by atoms with Crippen molar-refractivity contribution >= 4 is 17.4 Å². The first-order chi connectivity index (χ1) is 15.5. The van der Waals surface area contributed by atoms with Crippen molar-refractivity contribution in [3.05, 3.63) is 51.9 Å². The number of aliphatic hydroxyl groups excluding tert-OH is 1. The third-order valence-corrected chi connectivity index (χ3v) is 6.71. The molecule has 1 atom stereocenters. The number of piperazine rings is 1. The SMILES string of the molecule is Cc1nc(C)c(Cc2ccccc2Cl)c(N2CCN(CC(O)CN3CCOCC3)CC2)n1. The number of aliphatic hydroxyl groups is 1. The summed E-state index contributed by atoms with van der Waals surface area (Å²) in [4.78, 5) is 16.5. The van der Waals surface area contributed by atoms with E-state index >= 15 is 0 Å². The lowest BCUT2D eigenvalue weighted by Crippen LogP contribution is -2.51. The van der Waals surface area contributed by atoms with Crippen LogP contribution in [0.4, 0.5) is 5.82 Å². The molecule has 1 N–H and O–H groups in total. The molecule has 8 heteroatoms. The molecule has 1 aromatic carbocycles. The van der Waals surface area contributed by atoms with Crippen LogP contribution in [0.2, 0.25) is 5.02 Å². The van der Waals surface area contributed by atoms with Crippen molar-refractivity contribution in [2.45, 2.75) is 26.4 Å². The zero-order chi connectivity index (χ0) is 22.5. The Balaban J connectivity index is 1.39. The molecule has 7 nitrogen and oxygen atoms in total. The minimum absolute atomic E-state index is 0.334.